The van der Waals surface area contributed by atoms with Gasteiger partial charge in [0.25, 0.3) is 0 Å². The maximum atomic E-state index is 13.8. The smallest absolute Gasteiger partial charge is 0.316 e. The zero-order valence-corrected chi connectivity index (χ0v) is 11.5. The summed E-state index contributed by atoms with van der Waals surface area (Å²) in [5.74, 6) is -4.06. The van der Waals surface area contributed by atoms with Crippen LogP contribution < -0.4 is 4.90 Å². The Morgan fingerprint density at radius 2 is 2.19 bits per heavy atom. The first-order valence-electron chi connectivity index (χ1n) is 6.41. The molecule has 3 rings (SSSR count). The van der Waals surface area contributed by atoms with Crippen LogP contribution in [0.2, 0.25) is 5.02 Å². The fourth-order valence-corrected chi connectivity index (χ4v) is 2.86. The molecule has 0 aromatic heterocycles. The monoisotopic (exact) mass is 308 g/mol. The van der Waals surface area contributed by atoms with Crippen LogP contribution in [-0.4, -0.2) is 29.4 Å². The van der Waals surface area contributed by atoms with Gasteiger partial charge in [-0.25, -0.2) is 4.39 Å². The van der Waals surface area contributed by atoms with Gasteiger partial charge in [0.15, 0.2) is 5.78 Å². The zero-order valence-electron chi connectivity index (χ0n) is 10.8. The van der Waals surface area contributed by atoms with Crippen molar-refractivity contribution in [3.63, 3.8) is 0 Å². The molecule has 2 aliphatic rings. The number of hydrogen-bond acceptors (Lipinski definition) is 4. The van der Waals surface area contributed by atoms with Crippen molar-refractivity contribution in [3.05, 3.63) is 28.0 Å². The minimum absolute atomic E-state index is 0.0114. The lowest BCUT2D eigenvalue weighted by Gasteiger charge is -2.34. The molecular weight excluding hydrogens is 299 g/mol. The molecule has 0 radical (unpaired) electrons. The first kappa shape index (κ1) is 13.8. The summed E-state index contributed by atoms with van der Waals surface area (Å²) in [7, 11) is 0. The molecule has 1 N–H and O–H groups in total. The molecule has 1 aromatic rings. The molecule has 0 saturated heterocycles. The summed E-state index contributed by atoms with van der Waals surface area (Å²) in [6.07, 6.45) is 1.69. The van der Waals surface area contributed by atoms with Gasteiger partial charge in [0.2, 0.25) is 0 Å². The molecule has 1 aliphatic carbocycles. The number of anilines is 1. The predicted octanol–water partition coefficient (Wildman–Crippen LogP) is 2.22. The fourth-order valence-electron chi connectivity index (χ4n) is 2.67. The number of ketones is 1. The Labute approximate surface area is 124 Å². The van der Waals surface area contributed by atoms with E-state index in [9.17, 15) is 24.3 Å². The molecule has 7 heteroatoms. The first-order chi connectivity index (χ1) is 9.95. The van der Waals surface area contributed by atoms with Crippen LogP contribution in [0.25, 0.3) is 0 Å². The Kier molecular flexibility index (Phi) is 3.10. The number of carbonyl (C=O) groups is 2. The minimum atomic E-state index is -1.25. The second-order valence-corrected chi connectivity index (χ2v) is 5.57. The number of halogens is 2. The van der Waals surface area contributed by atoms with Crippen LogP contribution in [0, 0.1) is 23.1 Å². The number of fused-ring (bicyclic) bond motifs is 1. The van der Waals surface area contributed by atoms with Crippen LogP contribution in [0.4, 0.5) is 10.1 Å². The van der Waals surface area contributed by atoms with Gasteiger partial charge in [-0.1, -0.05) is 11.6 Å². The maximum Gasteiger partial charge on any atom is 0.316 e. The second kappa shape index (κ2) is 4.71. The number of nitrogens with zero attached hydrogens (tertiary/aromatic N) is 2. The van der Waals surface area contributed by atoms with E-state index in [0.717, 1.165) is 18.9 Å². The van der Waals surface area contributed by atoms with E-state index in [-0.39, 0.29) is 34.4 Å². The van der Waals surface area contributed by atoms with Crippen LogP contribution in [0.1, 0.15) is 28.8 Å². The van der Waals surface area contributed by atoms with Crippen molar-refractivity contribution in [1.82, 2.24) is 0 Å². The van der Waals surface area contributed by atoms with Crippen molar-refractivity contribution < 1.29 is 19.1 Å². The van der Waals surface area contributed by atoms with E-state index in [0.29, 0.717) is 0 Å². The van der Waals surface area contributed by atoms with E-state index in [1.54, 1.807) is 4.90 Å². The van der Waals surface area contributed by atoms with E-state index < -0.39 is 23.5 Å². The highest BCUT2D eigenvalue weighted by Crippen LogP contribution is 2.43. The number of carboxylic acid groups (broad SMARTS) is 1. The zero-order chi connectivity index (χ0) is 15.3. The molecule has 1 heterocycles. The Morgan fingerprint density at radius 1 is 1.52 bits per heavy atom. The third-order valence-corrected chi connectivity index (χ3v) is 4.21. The van der Waals surface area contributed by atoms with Crippen LogP contribution in [-0.2, 0) is 4.79 Å². The van der Waals surface area contributed by atoms with Gasteiger partial charge in [0, 0.05) is 18.2 Å². The molecule has 1 atom stereocenters. The molecule has 21 heavy (non-hydrogen) atoms. The lowest BCUT2D eigenvalue weighted by Crippen LogP contribution is -2.44. The Bertz CT molecular complexity index is 709. The summed E-state index contributed by atoms with van der Waals surface area (Å²) in [5, 5.41) is 18.1. The summed E-state index contributed by atoms with van der Waals surface area (Å²) in [6, 6.07) is 2.84. The quantitative estimate of drug-likeness (QED) is 0.847. The number of benzene rings is 1. The molecule has 1 fully saturated rings. The molecule has 1 unspecified atom stereocenters. The summed E-state index contributed by atoms with van der Waals surface area (Å²) < 4.78 is 13.8. The molecule has 1 aliphatic heterocycles. The van der Waals surface area contributed by atoms with Crippen molar-refractivity contribution in [2.75, 3.05) is 11.4 Å². The second-order valence-electron chi connectivity index (χ2n) is 5.19. The summed E-state index contributed by atoms with van der Waals surface area (Å²) in [4.78, 5) is 25.2. The summed E-state index contributed by atoms with van der Waals surface area (Å²) in [6.45, 7) is -0.0114. The predicted molar refractivity (Wildman–Crippen MR) is 71.9 cm³/mol. The first-order valence-corrected chi connectivity index (χ1v) is 6.79. The molecule has 0 spiro atoms. The van der Waals surface area contributed by atoms with E-state index in [1.165, 1.54) is 0 Å². The maximum absolute atomic E-state index is 13.8. The summed E-state index contributed by atoms with van der Waals surface area (Å²) >= 11 is 5.82. The Morgan fingerprint density at radius 3 is 2.71 bits per heavy atom. The molecule has 5 nitrogen and oxygen atoms in total. The Hall–Kier alpha value is -2.13. The number of aliphatic carboxylic acids is 1. The van der Waals surface area contributed by atoms with Gasteiger partial charge in [0.1, 0.15) is 17.8 Å². The van der Waals surface area contributed by atoms with Crippen molar-refractivity contribution in [2.45, 2.75) is 18.9 Å². The number of carbonyl (C=O) groups excluding carboxylic acids is 1. The minimum Gasteiger partial charge on any atom is -0.481 e. The summed E-state index contributed by atoms with van der Waals surface area (Å²) in [5.41, 5.74) is 0.101. The van der Waals surface area contributed by atoms with Crippen molar-refractivity contribution in [3.8, 4) is 6.07 Å². The van der Waals surface area contributed by atoms with Gasteiger partial charge in [-0.3, -0.25) is 9.59 Å². The normalized spacial score (nSPS) is 20.9. The molecule has 108 valence electrons. The number of rotatable bonds is 2. The van der Waals surface area contributed by atoms with Gasteiger partial charge in [-0.15, -0.1) is 0 Å². The van der Waals surface area contributed by atoms with Crippen LogP contribution >= 0.6 is 11.6 Å². The Balaban J connectivity index is 2.25. The molecule has 1 aromatic carbocycles. The van der Waals surface area contributed by atoms with Gasteiger partial charge in [-0.2, -0.15) is 5.26 Å². The van der Waals surface area contributed by atoms with Crippen molar-refractivity contribution >= 4 is 29.0 Å². The molecule has 0 bridgehead atoms. The number of nitriles is 1. The van der Waals surface area contributed by atoms with Gasteiger partial charge >= 0.3 is 5.97 Å². The van der Waals surface area contributed by atoms with E-state index in [2.05, 4.69) is 0 Å². The highest BCUT2D eigenvalue weighted by Gasteiger charge is 2.44. The topological polar surface area (TPSA) is 81.4 Å². The van der Waals surface area contributed by atoms with E-state index in [1.807, 2.05) is 6.07 Å². The third kappa shape index (κ3) is 2.05. The average Bonchev–Trinajstić information content (AvgIpc) is 3.26. The van der Waals surface area contributed by atoms with Crippen LogP contribution in [0.5, 0.6) is 0 Å². The highest BCUT2D eigenvalue weighted by atomic mass is 35.5. The van der Waals surface area contributed by atoms with Crippen molar-refractivity contribution in [1.29, 1.82) is 5.26 Å². The standard InChI is InChI=1S/C14H10ClFN2O3/c15-11-8(4-17)12-7(3-10(11)16)13(19)9(14(20)21)5-18(12)6-1-2-6/h3,6,9H,1-2,5H2,(H,20,21). The lowest BCUT2D eigenvalue weighted by molar-refractivity contribution is -0.139. The highest BCUT2D eigenvalue weighted by molar-refractivity contribution is 6.33. The molecular formula is C14H10ClFN2O3. The fraction of sp³-hybridized carbons (Fsp3) is 0.357. The van der Waals surface area contributed by atoms with Gasteiger partial charge < -0.3 is 10.0 Å². The SMILES string of the molecule is N#Cc1c(Cl)c(F)cc2c1N(C1CC1)CC(C(=O)O)C2=O. The number of Topliss-reactive ketones (excluding diaryl/α,β-unsaturated/α-hetero) is 1. The van der Waals surface area contributed by atoms with Crippen LogP contribution in [0.3, 0.4) is 0 Å². The third-order valence-electron chi connectivity index (χ3n) is 3.84. The van der Waals surface area contributed by atoms with Crippen molar-refractivity contribution in [2.24, 2.45) is 5.92 Å². The van der Waals surface area contributed by atoms with Gasteiger partial charge in [0.05, 0.1) is 16.3 Å². The van der Waals surface area contributed by atoms with Gasteiger partial charge in [-0.05, 0) is 18.9 Å². The molecule has 0 amide bonds. The number of carboxylic acids is 1. The average molecular weight is 309 g/mol. The lowest BCUT2D eigenvalue weighted by atomic mass is 9.89. The largest absolute Gasteiger partial charge is 0.481 e. The molecule has 1 saturated carbocycles. The van der Waals surface area contributed by atoms with Crippen LogP contribution in [0.15, 0.2) is 6.07 Å². The van der Waals surface area contributed by atoms with E-state index in [4.69, 9.17) is 11.6 Å². The van der Waals surface area contributed by atoms with E-state index >= 15 is 0 Å². The number of hydrogen-bond donors (Lipinski definition) is 1.